The van der Waals surface area contributed by atoms with Crippen LogP contribution in [-0.2, 0) is 17.9 Å². The molecule has 0 radical (unpaired) electrons. The lowest BCUT2D eigenvalue weighted by atomic mass is 10.1. The fourth-order valence-corrected chi connectivity index (χ4v) is 3.43. The minimum atomic E-state index is -0.0807. The van der Waals surface area contributed by atoms with E-state index in [0.29, 0.717) is 12.5 Å². The lowest BCUT2D eigenvalue weighted by Gasteiger charge is -2.13. The van der Waals surface area contributed by atoms with E-state index >= 15 is 0 Å². The van der Waals surface area contributed by atoms with Gasteiger partial charge in [0.2, 0.25) is 11.9 Å². The van der Waals surface area contributed by atoms with Gasteiger partial charge in [-0.15, -0.1) is 0 Å². The van der Waals surface area contributed by atoms with Gasteiger partial charge in [0.25, 0.3) is 0 Å². The molecular formula is C24H24N4O. The number of hydrogen-bond donors (Lipinski definition) is 2. The van der Waals surface area contributed by atoms with Gasteiger partial charge < -0.3 is 15.2 Å². The Morgan fingerprint density at radius 3 is 2.52 bits per heavy atom. The van der Waals surface area contributed by atoms with Crippen LogP contribution in [0.1, 0.15) is 16.7 Å². The van der Waals surface area contributed by atoms with Crippen molar-refractivity contribution < 1.29 is 4.79 Å². The first-order chi connectivity index (χ1) is 14.1. The third kappa shape index (κ3) is 4.29. The van der Waals surface area contributed by atoms with E-state index in [4.69, 9.17) is 0 Å². The molecule has 4 aromatic rings. The van der Waals surface area contributed by atoms with Gasteiger partial charge in [-0.2, -0.15) is 0 Å². The van der Waals surface area contributed by atoms with Crippen molar-refractivity contribution in [3.8, 4) is 0 Å². The molecular weight excluding hydrogens is 360 g/mol. The molecule has 0 aliphatic heterocycles. The van der Waals surface area contributed by atoms with Gasteiger partial charge in [-0.05, 0) is 43.2 Å². The molecule has 3 aromatic carbocycles. The maximum atomic E-state index is 12.8. The molecule has 0 fully saturated rings. The number of amides is 1. The van der Waals surface area contributed by atoms with Gasteiger partial charge >= 0.3 is 0 Å². The monoisotopic (exact) mass is 384 g/mol. The second kappa shape index (κ2) is 8.19. The van der Waals surface area contributed by atoms with Crippen LogP contribution in [0.4, 0.5) is 11.6 Å². The molecule has 146 valence electrons. The molecule has 0 unspecified atom stereocenters. The zero-order valence-electron chi connectivity index (χ0n) is 16.6. The summed E-state index contributed by atoms with van der Waals surface area (Å²) in [5, 5.41) is 6.41. The number of para-hydroxylation sites is 2. The molecule has 1 amide bonds. The summed E-state index contributed by atoms with van der Waals surface area (Å²) >= 11 is 0. The number of nitrogens with zero attached hydrogens (tertiary/aromatic N) is 2. The topological polar surface area (TPSA) is 59.0 Å². The fraction of sp³-hybridized carbons (Fsp3) is 0.167. The Hall–Kier alpha value is -3.60. The Bertz CT molecular complexity index is 1150. The van der Waals surface area contributed by atoms with E-state index in [1.807, 2.05) is 73.0 Å². The number of rotatable bonds is 6. The van der Waals surface area contributed by atoms with Crippen molar-refractivity contribution in [2.24, 2.45) is 0 Å². The van der Waals surface area contributed by atoms with E-state index < -0.39 is 0 Å². The number of aromatic nitrogens is 2. The predicted molar refractivity (Wildman–Crippen MR) is 118 cm³/mol. The Morgan fingerprint density at radius 1 is 0.966 bits per heavy atom. The summed E-state index contributed by atoms with van der Waals surface area (Å²) in [6.45, 7) is 4.87. The van der Waals surface area contributed by atoms with Crippen molar-refractivity contribution in [1.29, 1.82) is 0 Å². The number of carbonyl (C=O) groups excluding carboxylic acids is 1. The average Bonchev–Trinajstić information content (AvgIpc) is 3.07. The first-order valence-corrected chi connectivity index (χ1v) is 9.70. The molecule has 0 bridgehead atoms. The Kier molecular flexibility index (Phi) is 5.29. The molecule has 29 heavy (non-hydrogen) atoms. The van der Waals surface area contributed by atoms with Gasteiger partial charge in [0.1, 0.15) is 6.54 Å². The molecule has 5 nitrogen and oxygen atoms in total. The summed E-state index contributed by atoms with van der Waals surface area (Å²) in [5.41, 5.74) is 6.01. The quantitative estimate of drug-likeness (QED) is 0.497. The van der Waals surface area contributed by atoms with Crippen LogP contribution in [0.5, 0.6) is 0 Å². The maximum absolute atomic E-state index is 12.8. The molecule has 0 spiro atoms. The van der Waals surface area contributed by atoms with Gasteiger partial charge in [0, 0.05) is 12.2 Å². The summed E-state index contributed by atoms with van der Waals surface area (Å²) < 4.78 is 1.93. The highest BCUT2D eigenvalue weighted by Crippen LogP contribution is 2.21. The van der Waals surface area contributed by atoms with E-state index in [9.17, 15) is 4.79 Å². The number of fused-ring (bicyclic) bond motifs is 1. The summed E-state index contributed by atoms with van der Waals surface area (Å²) in [6.07, 6.45) is 0. The van der Waals surface area contributed by atoms with Crippen LogP contribution in [-0.4, -0.2) is 15.5 Å². The van der Waals surface area contributed by atoms with Crippen LogP contribution in [0.3, 0.4) is 0 Å². The zero-order chi connectivity index (χ0) is 20.2. The maximum Gasteiger partial charge on any atom is 0.244 e. The Balaban J connectivity index is 1.57. The number of aryl methyl sites for hydroxylation is 2. The van der Waals surface area contributed by atoms with Crippen molar-refractivity contribution in [1.82, 2.24) is 9.55 Å². The first kappa shape index (κ1) is 18.7. The molecule has 0 saturated carbocycles. The van der Waals surface area contributed by atoms with Gasteiger partial charge in [-0.25, -0.2) is 4.98 Å². The fourth-order valence-electron chi connectivity index (χ4n) is 3.43. The van der Waals surface area contributed by atoms with Gasteiger partial charge in [0.15, 0.2) is 0 Å². The zero-order valence-corrected chi connectivity index (χ0v) is 16.6. The highest BCUT2D eigenvalue weighted by Gasteiger charge is 2.14. The molecule has 0 saturated heterocycles. The standard InChI is InChI=1S/C24H24N4O/c1-17-12-13-20(18(2)14-17)26-23(29)16-28-22-11-7-6-10-21(22)27-24(28)25-15-19-8-4-3-5-9-19/h3-14H,15-16H2,1-2H3,(H,25,27)(H,26,29). The summed E-state index contributed by atoms with van der Waals surface area (Å²) in [4.78, 5) is 17.5. The van der Waals surface area contributed by atoms with Crippen molar-refractivity contribution in [2.75, 3.05) is 10.6 Å². The third-order valence-corrected chi connectivity index (χ3v) is 4.91. The SMILES string of the molecule is Cc1ccc(NC(=O)Cn2c(NCc3ccccc3)nc3ccccc32)c(C)c1. The Morgan fingerprint density at radius 2 is 1.72 bits per heavy atom. The highest BCUT2D eigenvalue weighted by atomic mass is 16.2. The summed E-state index contributed by atoms with van der Waals surface area (Å²) in [6, 6.07) is 24.0. The average molecular weight is 384 g/mol. The van der Waals surface area contributed by atoms with E-state index in [0.717, 1.165) is 27.8 Å². The second-order valence-electron chi connectivity index (χ2n) is 7.22. The molecule has 0 aliphatic carbocycles. The van der Waals surface area contributed by atoms with Crippen LogP contribution < -0.4 is 10.6 Å². The largest absolute Gasteiger partial charge is 0.352 e. The normalized spacial score (nSPS) is 10.8. The molecule has 1 heterocycles. The summed E-state index contributed by atoms with van der Waals surface area (Å²) in [5.74, 6) is 0.605. The second-order valence-corrected chi connectivity index (χ2v) is 7.22. The molecule has 1 aromatic heterocycles. The minimum absolute atomic E-state index is 0.0807. The van der Waals surface area contributed by atoms with E-state index in [1.165, 1.54) is 5.56 Å². The van der Waals surface area contributed by atoms with Crippen LogP contribution >= 0.6 is 0 Å². The van der Waals surface area contributed by atoms with Crippen molar-refractivity contribution in [3.63, 3.8) is 0 Å². The number of anilines is 2. The van der Waals surface area contributed by atoms with E-state index in [-0.39, 0.29) is 12.5 Å². The van der Waals surface area contributed by atoms with Crippen LogP contribution in [0.2, 0.25) is 0 Å². The molecule has 4 rings (SSSR count). The molecule has 2 N–H and O–H groups in total. The van der Waals surface area contributed by atoms with Crippen molar-refractivity contribution in [3.05, 3.63) is 89.5 Å². The molecule has 0 aliphatic rings. The number of nitrogens with one attached hydrogen (secondary N) is 2. The van der Waals surface area contributed by atoms with Crippen LogP contribution in [0, 0.1) is 13.8 Å². The van der Waals surface area contributed by atoms with Gasteiger partial charge in [0.05, 0.1) is 11.0 Å². The van der Waals surface area contributed by atoms with Gasteiger partial charge in [-0.1, -0.05) is 60.2 Å². The van der Waals surface area contributed by atoms with Crippen molar-refractivity contribution >= 4 is 28.6 Å². The van der Waals surface area contributed by atoms with Crippen molar-refractivity contribution in [2.45, 2.75) is 26.9 Å². The van der Waals surface area contributed by atoms with E-state index in [2.05, 4.69) is 33.8 Å². The minimum Gasteiger partial charge on any atom is -0.352 e. The van der Waals surface area contributed by atoms with E-state index in [1.54, 1.807) is 0 Å². The molecule has 5 heteroatoms. The number of imidazole rings is 1. The first-order valence-electron chi connectivity index (χ1n) is 9.70. The third-order valence-electron chi connectivity index (χ3n) is 4.91. The van der Waals surface area contributed by atoms with Crippen LogP contribution in [0.15, 0.2) is 72.8 Å². The lowest BCUT2D eigenvalue weighted by molar-refractivity contribution is -0.116. The molecule has 0 atom stereocenters. The van der Waals surface area contributed by atoms with Crippen LogP contribution in [0.25, 0.3) is 11.0 Å². The highest BCUT2D eigenvalue weighted by molar-refractivity contribution is 5.93. The number of carbonyl (C=O) groups is 1. The predicted octanol–water partition coefficient (Wildman–Crippen LogP) is 4.90. The lowest BCUT2D eigenvalue weighted by Crippen LogP contribution is -2.20. The number of benzene rings is 3. The van der Waals surface area contributed by atoms with Gasteiger partial charge in [-0.3, -0.25) is 4.79 Å². The number of hydrogen-bond acceptors (Lipinski definition) is 3. The Labute approximate surface area is 170 Å². The smallest absolute Gasteiger partial charge is 0.244 e. The summed E-state index contributed by atoms with van der Waals surface area (Å²) in [7, 11) is 0.